The van der Waals surface area contributed by atoms with Crippen LogP contribution in [-0.4, -0.2) is 35.7 Å². The second-order valence-corrected chi connectivity index (χ2v) is 5.76. The number of ether oxygens (including phenoxy) is 1. The number of piperidine rings is 1. The number of nitrogens with zero attached hydrogens (tertiary/aromatic N) is 2. The van der Waals surface area contributed by atoms with Gasteiger partial charge in [-0.1, -0.05) is 30.1 Å². The average Bonchev–Trinajstić information content (AvgIpc) is 2.40. The molecule has 106 valence electrons. The highest BCUT2D eigenvalue weighted by atomic mass is 35.5. The van der Waals surface area contributed by atoms with E-state index in [-0.39, 0.29) is 0 Å². The van der Waals surface area contributed by atoms with Gasteiger partial charge in [0.25, 0.3) is 0 Å². The van der Waals surface area contributed by atoms with Gasteiger partial charge in [-0.3, -0.25) is 4.90 Å². The van der Waals surface area contributed by atoms with Crippen LogP contribution in [0.15, 0.2) is 12.3 Å². The Morgan fingerprint density at radius 2 is 2.32 bits per heavy atom. The largest absolute Gasteiger partial charge is 0.377 e. The Labute approximate surface area is 124 Å². The maximum atomic E-state index is 6.19. The van der Waals surface area contributed by atoms with Crippen LogP contribution in [0.5, 0.6) is 0 Å². The zero-order valence-corrected chi connectivity index (χ0v) is 12.8. The molecule has 1 aliphatic rings. The van der Waals surface area contributed by atoms with Gasteiger partial charge in [0, 0.05) is 36.5 Å². The Hall–Kier alpha value is -0.350. The van der Waals surface area contributed by atoms with E-state index in [0.29, 0.717) is 16.3 Å². The molecule has 19 heavy (non-hydrogen) atoms. The molecule has 0 saturated carbocycles. The van der Waals surface area contributed by atoms with Crippen LogP contribution in [0.2, 0.25) is 10.2 Å². The Morgan fingerprint density at radius 1 is 1.47 bits per heavy atom. The summed E-state index contributed by atoms with van der Waals surface area (Å²) < 4.78 is 5.84. The second-order valence-electron chi connectivity index (χ2n) is 4.97. The number of rotatable bonds is 5. The number of pyridine rings is 1. The molecular formula is C14H20Cl2N2O. The molecule has 1 aliphatic heterocycles. The lowest BCUT2D eigenvalue weighted by Gasteiger charge is -2.32. The molecule has 1 atom stereocenters. The molecule has 1 saturated heterocycles. The van der Waals surface area contributed by atoms with Crippen LogP contribution in [0, 0.1) is 0 Å². The van der Waals surface area contributed by atoms with Crippen molar-refractivity contribution in [3.63, 3.8) is 0 Å². The van der Waals surface area contributed by atoms with Crippen LogP contribution in [-0.2, 0) is 11.3 Å². The van der Waals surface area contributed by atoms with Crippen LogP contribution in [0.1, 0.15) is 31.7 Å². The lowest BCUT2D eigenvalue weighted by atomic mass is 10.1. The topological polar surface area (TPSA) is 25.4 Å². The van der Waals surface area contributed by atoms with E-state index in [9.17, 15) is 0 Å². The van der Waals surface area contributed by atoms with Gasteiger partial charge < -0.3 is 4.74 Å². The third-order valence-electron chi connectivity index (χ3n) is 3.31. The summed E-state index contributed by atoms with van der Waals surface area (Å²) in [5, 5.41) is 1.13. The van der Waals surface area contributed by atoms with E-state index in [1.54, 1.807) is 12.3 Å². The summed E-state index contributed by atoms with van der Waals surface area (Å²) in [7, 11) is 0. The quantitative estimate of drug-likeness (QED) is 0.774. The average molecular weight is 303 g/mol. The number of hydrogen-bond acceptors (Lipinski definition) is 3. The van der Waals surface area contributed by atoms with Crippen LogP contribution in [0.25, 0.3) is 0 Å². The van der Waals surface area contributed by atoms with Gasteiger partial charge in [0.1, 0.15) is 5.15 Å². The molecule has 0 aromatic carbocycles. The van der Waals surface area contributed by atoms with E-state index in [1.807, 2.05) is 0 Å². The minimum atomic E-state index is 0.354. The normalized spacial score (nSPS) is 20.7. The van der Waals surface area contributed by atoms with E-state index in [1.165, 1.54) is 6.42 Å². The maximum Gasteiger partial charge on any atom is 0.130 e. The predicted molar refractivity (Wildman–Crippen MR) is 78.8 cm³/mol. The Morgan fingerprint density at radius 3 is 3.05 bits per heavy atom. The fourth-order valence-electron chi connectivity index (χ4n) is 2.37. The van der Waals surface area contributed by atoms with E-state index < -0.39 is 0 Å². The molecule has 1 fully saturated rings. The Kier molecular flexibility index (Phi) is 5.89. The lowest BCUT2D eigenvalue weighted by molar-refractivity contribution is -0.00224. The number of halogens is 2. The molecule has 0 spiro atoms. The highest BCUT2D eigenvalue weighted by Gasteiger charge is 2.20. The first kappa shape index (κ1) is 15.0. The molecule has 0 amide bonds. The van der Waals surface area contributed by atoms with Crippen LogP contribution in [0.4, 0.5) is 0 Å². The lowest BCUT2D eigenvalue weighted by Crippen LogP contribution is -2.39. The third-order valence-corrected chi connectivity index (χ3v) is 3.87. The smallest absolute Gasteiger partial charge is 0.130 e. The monoisotopic (exact) mass is 302 g/mol. The summed E-state index contributed by atoms with van der Waals surface area (Å²) in [6.07, 6.45) is 5.52. The Bertz CT molecular complexity index is 414. The summed E-state index contributed by atoms with van der Waals surface area (Å²) in [5.74, 6) is 0. The molecule has 1 unspecified atom stereocenters. The zero-order valence-electron chi connectivity index (χ0n) is 11.2. The summed E-state index contributed by atoms with van der Waals surface area (Å²) >= 11 is 12.0. The van der Waals surface area contributed by atoms with Crippen LogP contribution in [0.3, 0.4) is 0 Å². The predicted octanol–water partition coefficient (Wildman–Crippen LogP) is 3.78. The first-order valence-corrected chi connectivity index (χ1v) is 7.58. The number of hydrogen-bond donors (Lipinski definition) is 0. The highest BCUT2D eigenvalue weighted by Crippen LogP contribution is 2.22. The SMILES string of the molecule is CCCOC1CCCN(Cc2cnc(Cl)cc2Cl)C1. The summed E-state index contributed by atoms with van der Waals surface area (Å²) in [6, 6.07) is 1.70. The van der Waals surface area contributed by atoms with Gasteiger partial charge in [-0.2, -0.15) is 0 Å². The zero-order chi connectivity index (χ0) is 13.7. The van der Waals surface area contributed by atoms with Gasteiger partial charge in [0.05, 0.1) is 6.10 Å². The van der Waals surface area contributed by atoms with Crippen LogP contribution >= 0.6 is 23.2 Å². The summed E-state index contributed by atoms with van der Waals surface area (Å²) in [5.41, 5.74) is 1.03. The van der Waals surface area contributed by atoms with Gasteiger partial charge in [0.2, 0.25) is 0 Å². The fraction of sp³-hybridized carbons (Fsp3) is 0.643. The van der Waals surface area contributed by atoms with Crippen molar-refractivity contribution >= 4 is 23.2 Å². The second kappa shape index (κ2) is 7.44. The molecule has 3 nitrogen and oxygen atoms in total. The molecule has 2 rings (SSSR count). The van der Waals surface area contributed by atoms with E-state index in [0.717, 1.165) is 44.6 Å². The third kappa shape index (κ3) is 4.60. The minimum Gasteiger partial charge on any atom is -0.377 e. The number of aromatic nitrogens is 1. The molecule has 5 heteroatoms. The fourth-order valence-corrected chi connectivity index (χ4v) is 2.80. The van der Waals surface area contributed by atoms with Gasteiger partial charge in [-0.15, -0.1) is 0 Å². The van der Waals surface area contributed by atoms with Gasteiger partial charge in [-0.05, 0) is 31.9 Å². The first-order chi connectivity index (χ1) is 9.19. The van der Waals surface area contributed by atoms with Crippen molar-refractivity contribution in [3.8, 4) is 0 Å². The molecule has 2 heterocycles. The number of likely N-dealkylation sites (tertiary alicyclic amines) is 1. The van der Waals surface area contributed by atoms with Crippen molar-refractivity contribution in [2.45, 2.75) is 38.8 Å². The van der Waals surface area contributed by atoms with E-state index in [2.05, 4.69) is 16.8 Å². The molecule has 0 bridgehead atoms. The molecule has 0 aliphatic carbocycles. The maximum absolute atomic E-state index is 6.19. The van der Waals surface area contributed by atoms with E-state index >= 15 is 0 Å². The molecular weight excluding hydrogens is 283 g/mol. The van der Waals surface area contributed by atoms with Crippen molar-refractivity contribution in [2.75, 3.05) is 19.7 Å². The van der Waals surface area contributed by atoms with E-state index in [4.69, 9.17) is 27.9 Å². The summed E-state index contributed by atoms with van der Waals surface area (Å²) in [6.45, 7) is 5.86. The van der Waals surface area contributed by atoms with Gasteiger partial charge in [-0.25, -0.2) is 4.98 Å². The summed E-state index contributed by atoms with van der Waals surface area (Å²) in [4.78, 5) is 6.47. The molecule has 1 aromatic rings. The van der Waals surface area contributed by atoms with Gasteiger partial charge >= 0.3 is 0 Å². The van der Waals surface area contributed by atoms with Crippen molar-refractivity contribution in [1.82, 2.24) is 9.88 Å². The molecule has 0 radical (unpaired) electrons. The van der Waals surface area contributed by atoms with Crippen LogP contribution < -0.4 is 0 Å². The van der Waals surface area contributed by atoms with Crippen molar-refractivity contribution < 1.29 is 4.74 Å². The van der Waals surface area contributed by atoms with Crippen molar-refractivity contribution in [3.05, 3.63) is 28.0 Å². The Balaban J connectivity index is 1.91. The van der Waals surface area contributed by atoms with Gasteiger partial charge in [0.15, 0.2) is 0 Å². The van der Waals surface area contributed by atoms with Crippen molar-refractivity contribution in [2.24, 2.45) is 0 Å². The minimum absolute atomic E-state index is 0.354. The standard InChI is InChI=1S/C14H20Cl2N2O/c1-2-6-19-12-4-3-5-18(10-12)9-11-8-17-14(16)7-13(11)15/h7-8,12H,2-6,9-10H2,1H3. The molecule has 0 N–H and O–H groups in total. The van der Waals surface area contributed by atoms with Crippen molar-refractivity contribution in [1.29, 1.82) is 0 Å². The first-order valence-electron chi connectivity index (χ1n) is 6.83. The molecule has 1 aromatic heterocycles. The highest BCUT2D eigenvalue weighted by molar-refractivity contribution is 6.34.